The maximum absolute atomic E-state index is 13.1. The maximum Gasteiger partial charge on any atom is 0.449 e. The second-order valence-electron chi connectivity index (χ2n) is 6.99. The van der Waals surface area contributed by atoms with Crippen molar-refractivity contribution in [2.24, 2.45) is 0 Å². The van der Waals surface area contributed by atoms with Gasteiger partial charge in [0.2, 0.25) is 5.76 Å². The molecule has 0 bridgehead atoms. The Morgan fingerprint density at radius 3 is 1.97 bits per heavy atom. The average molecular weight is 407 g/mol. The Balaban J connectivity index is 1.83. The molecule has 1 heterocycles. The molecule has 0 spiro atoms. The number of benzene rings is 3. The van der Waals surface area contributed by atoms with Gasteiger partial charge < -0.3 is 9.73 Å². The molecule has 150 valence electrons. The molecule has 0 saturated heterocycles. The summed E-state index contributed by atoms with van der Waals surface area (Å²) in [5.74, 6) is -1.30. The first kappa shape index (κ1) is 19.8. The predicted octanol–water partition coefficient (Wildman–Crippen LogP) is 4.27. The van der Waals surface area contributed by atoms with Crippen LogP contribution in [0.5, 0.6) is 0 Å². The highest BCUT2D eigenvalue weighted by Gasteiger charge is 2.35. The summed E-state index contributed by atoms with van der Waals surface area (Å²) in [5, 5.41) is 3.52. The number of fused-ring (bicyclic) bond motifs is 1. The smallest absolute Gasteiger partial charge is 0.449 e. The largest absolute Gasteiger partial charge is 0.452 e. The summed E-state index contributed by atoms with van der Waals surface area (Å²) in [6, 6.07) is 22.9. The molecule has 1 aromatic heterocycles. The van der Waals surface area contributed by atoms with Crippen molar-refractivity contribution in [3.63, 3.8) is 0 Å². The highest BCUT2D eigenvalue weighted by molar-refractivity contribution is 6.41. The maximum atomic E-state index is 13.1. The molecule has 0 amide bonds. The van der Waals surface area contributed by atoms with Gasteiger partial charge in [-0.15, -0.1) is 0 Å². The van der Waals surface area contributed by atoms with Gasteiger partial charge in [0.15, 0.2) is 5.43 Å². The zero-order chi connectivity index (χ0) is 21.3. The Morgan fingerprint density at radius 1 is 0.867 bits per heavy atom. The van der Waals surface area contributed by atoms with Gasteiger partial charge in [-0.1, -0.05) is 60.7 Å². The van der Waals surface area contributed by atoms with E-state index in [4.69, 9.17) is 4.42 Å². The Morgan fingerprint density at radius 2 is 1.43 bits per heavy atom. The third kappa shape index (κ3) is 3.83. The minimum absolute atomic E-state index is 0.0697. The van der Waals surface area contributed by atoms with Gasteiger partial charge >= 0.3 is 6.18 Å². The SMILES string of the molecule is Bc1c(NC(c2ccccc2)c2ccccc2)ccc2c(=O)cc(C(F)(F)F)oc12. The fraction of sp³-hybridized carbons (Fsp3) is 0.0870. The first-order chi connectivity index (χ1) is 14.3. The molecular formula is C23H17BF3NO2. The van der Waals surface area contributed by atoms with Crippen molar-refractivity contribution in [3.8, 4) is 0 Å². The fourth-order valence-corrected chi connectivity index (χ4v) is 3.46. The van der Waals surface area contributed by atoms with Gasteiger partial charge in [0, 0.05) is 11.8 Å². The van der Waals surface area contributed by atoms with Crippen molar-refractivity contribution in [2.45, 2.75) is 12.2 Å². The first-order valence-electron chi connectivity index (χ1n) is 9.35. The Hall–Kier alpha value is -3.48. The molecule has 3 nitrogen and oxygen atoms in total. The molecule has 0 aliphatic carbocycles. The number of nitrogens with one attached hydrogen (secondary N) is 1. The predicted molar refractivity (Wildman–Crippen MR) is 114 cm³/mol. The van der Waals surface area contributed by atoms with E-state index in [1.807, 2.05) is 60.7 Å². The standard InChI is InChI=1S/C23H17BF3NO2/c24-20-17(12-11-16-18(29)13-19(23(25,26)27)30-22(16)20)28-21(14-7-3-1-4-8-14)15-9-5-2-6-10-15/h1-13,21,28H,24H2. The molecule has 4 aromatic rings. The number of rotatable bonds is 4. The summed E-state index contributed by atoms with van der Waals surface area (Å²) in [5.41, 5.74) is 2.22. The van der Waals surface area contributed by atoms with Crippen molar-refractivity contribution in [3.05, 3.63) is 106 Å². The van der Waals surface area contributed by atoms with E-state index in [1.165, 1.54) is 6.07 Å². The second kappa shape index (κ2) is 7.74. The van der Waals surface area contributed by atoms with Crippen molar-refractivity contribution in [1.82, 2.24) is 0 Å². The molecule has 4 rings (SSSR count). The van der Waals surface area contributed by atoms with Crippen molar-refractivity contribution < 1.29 is 17.6 Å². The van der Waals surface area contributed by atoms with E-state index in [2.05, 4.69) is 5.32 Å². The summed E-state index contributed by atoms with van der Waals surface area (Å²) >= 11 is 0. The number of alkyl halides is 3. The van der Waals surface area contributed by atoms with Gasteiger partial charge in [-0.05, 0) is 28.7 Å². The lowest BCUT2D eigenvalue weighted by Crippen LogP contribution is -2.21. The quantitative estimate of drug-likeness (QED) is 0.514. The highest BCUT2D eigenvalue weighted by Crippen LogP contribution is 2.31. The third-order valence-electron chi connectivity index (χ3n) is 4.99. The van der Waals surface area contributed by atoms with Crippen LogP contribution in [0.25, 0.3) is 11.0 Å². The van der Waals surface area contributed by atoms with Crippen molar-refractivity contribution in [2.75, 3.05) is 5.32 Å². The van der Waals surface area contributed by atoms with Crippen LogP contribution >= 0.6 is 0 Å². The van der Waals surface area contributed by atoms with Crippen LogP contribution in [0.3, 0.4) is 0 Å². The van der Waals surface area contributed by atoms with Crippen LogP contribution in [0, 0.1) is 0 Å². The monoisotopic (exact) mass is 407 g/mol. The molecule has 3 aromatic carbocycles. The van der Waals surface area contributed by atoms with E-state index in [0.717, 1.165) is 11.1 Å². The summed E-state index contributed by atoms with van der Waals surface area (Å²) in [7, 11) is 1.64. The van der Waals surface area contributed by atoms with Crippen LogP contribution in [0.2, 0.25) is 0 Å². The Bertz CT molecular complexity index is 1200. The van der Waals surface area contributed by atoms with E-state index in [-0.39, 0.29) is 17.0 Å². The van der Waals surface area contributed by atoms with Gasteiger partial charge in [-0.2, -0.15) is 13.2 Å². The van der Waals surface area contributed by atoms with Crippen LogP contribution < -0.4 is 16.2 Å². The molecule has 7 heteroatoms. The molecular weight excluding hydrogens is 390 g/mol. The highest BCUT2D eigenvalue weighted by atomic mass is 19.4. The molecule has 0 aliphatic heterocycles. The van der Waals surface area contributed by atoms with Crippen LogP contribution in [0.15, 0.2) is 88.1 Å². The minimum atomic E-state index is -4.74. The van der Waals surface area contributed by atoms with E-state index >= 15 is 0 Å². The average Bonchev–Trinajstić information content (AvgIpc) is 2.74. The van der Waals surface area contributed by atoms with E-state index in [1.54, 1.807) is 13.9 Å². The Kier molecular flexibility index (Phi) is 5.12. The molecule has 0 radical (unpaired) electrons. The minimum Gasteiger partial charge on any atom is -0.452 e. The lowest BCUT2D eigenvalue weighted by molar-refractivity contribution is -0.152. The number of halogens is 3. The zero-order valence-corrected chi connectivity index (χ0v) is 16.0. The van der Waals surface area contributed by atoms with E-state index < -0.39 is 17.4 Å². The fourth-order valence-electron chi connectivity index (χ4n) is 3.46. The second-order valence-corrected chi connectivity index (χ2v) is 6.99. The summed E-state index contributed by atoms with van der Waals surface area (Å²) in [6.07, 6.45) is -4.74. The lowest BCUT2D eigenvalue weighted by atomic mass is 9.90. The molecule has 0 atom stereocenters. The van der Waals surface area contributed by atoms with Crippen LogP contribution in [0.1, 0.15) is 22.9 Å². The van der Waals surface area contributed by atoms with E-state index in [0.29, 0.717) is 17.2 Å². The van der Waals surface area contributed by atoms with Crippen LogP contribution in [-0.4, -0.2) is 7.85 Å². The lowest BCUT2D eigenvalue weighted by Gasteiger charge is -2.23. The van der Waals surface area contributed by atoms with Gasteiger partial charge in [0.25, 0.3) is 0 Å². The molecule has 30 heavy (non-hydrogen) atoms. The third-order valence-corrected chi connectivity index (χ3v) is 4.99. The van der Waals surface area contributed by atoms with Gasteiger partial charge in [0.1, 0.15) is 13.4 Å². The van der Waals surface area contributed by atoms with Gasteiger partial charge in [0.05, 0.1) is 11.4 Å². The first-order valence-corrected chi connectivity index (χ1v) is 9.35. The Labute approximate surface area is 171 Å². The van der Waals surface area contributed by atoms with Crippen LogP contribution in [-0.2, 0) is 6.18 Å². The number of hydrogen-bond donors (Lipinski definition) is 1. The van der Waals surface area contributed by atoms with Crippen LogP contribution in [0.4, 0.5) is 18.9 Å². The summed E-state index contributed by atoms with van der Waals surface area (Å²) in [6.45, 7) is 0. The van der Waals surface area contributed by atoms with Crippen molar-refractivity contribution in [1.29, 1.82) is 0 Å². The molecule has 0 saturated carbocycles. The number of hydrogen-bond acceptors (Lipinski definition) is 3. The van der Waals surface area contributed by atoms with Crippen molar-refractivity contribution >= 4 is 30.0 Å². The van der Waals surface area contributed by atoms with Gasteiger partial charge in [-0.3, -0.25) is 4.79 Å². The normalized spacial score (nSPS) is 11.7. The summed E-state index contributed by atoms with van der Waals surface area (Å²) < 4.78 is 44.5. The van der Waals surface area contributed by atoms with Gasteiger partial charge in [-0.25, -0.2) is 0 Å². The van der Waals surface area contributed by atoms with E-state index in [9.17, 15) is 18.0 Å². The zero-order valence-electron chi connectivity index (χ0n) is 16.0. The molecule has 1 N–H and O–H groups in total. The number of anilines is 1. The molecule has 0 fully saturated rings. The topological polar surface area (TPSA) is 42.2 Å². The molecule has 0 unspecified atom stereocenters. The molecule has 0 aliphatic rings. The summed E-state index contributed by atoms with van der Waals surface area (Å²) in [4.78, 5) is 12.2.